The normalized spacial score (nSPS) is 11.1. The molecule has 0 aliphatic heterocycles. The van der Waals surface area contributed by atoms with E-state index in [1.807, 2.05) is 0 Å². The zero-order valence-corrected chi connectivity index (χ0v) is 17.7. The quantitative estimate of drug-likeness (QED) is 0.333. The highest BCUT2D eigenvalue weighted by atomic mass is 35.5. The Hall–Kier alpha value is -3.68. The monoisotopic (exact) mass is 466 g/mol. The molecule has 0 aliphatic carbocycles. The fourth-order valence-corrected chi connectivity index (χ4v) is 3.55. The molecule has 2 aromatic heterocycles. The van der Waals surface area contributed by atoms with Crippen molar-refractivity contribution in [3.63, 3.8) is 0 Å². The first-order valence-corrected chi connectivity index (χ1v) is 10.2. The number of nitrogens with zero attached hydrogens (tertiary/aromatic N) is 3. The number of furan rings is 1. The number of fused-ring (bicyclic) bond motifs is 1. The van der Waals surface area contributed by atoms with E-state index in [1.165, 1.54) is 16.9 Å². The molecule has 0 saturated heterocycles. The third-order valence-corrected chi connectivity index (χ3v) is 5.28. The maximum absolute atomic E-state index is 13.1. The van der Waals surface area contributed by atoms with Gasteiger partial charge in [-0.25, -0.2) is 4.39 Å². The molecule has 0 unspecified atom stereocenters. The molecule has 0 fully saturated rings. The third-order valence-electron chi connectivity index (χ3n) is 4.72. The van der Waals surface area contributed by atoms with Crippen LogP contribution in [0.15, 0.2) is 77.2 Å². The predicted molar refractivity (Wildman–Crippen MR) is 121 cm³/mol. The summed E-state index contributed by atoms with van der Waals surface area (Å²) < 4.78 is 18.8. The molecule has 0 saturated carbocycles. The lowest BCUT2D eigenvalue weighted by Crippen LogP contribution is -2.10. The van der Waals surface area contributed by atoms with Crippen LogP contribution in [0.1, 0.15) is 10.6 Å². The average Bonchev–Trinajstić information content (AvgIpc) is 3.43. The van der Waals surface area contributed by atoms with Gasteiger partial charge in [0.1, 0.15) is 22.6 Å². The van der Waals surface area contributed by atoms with Crippen molar-refractivity contribution >= 4 is 45.8 Å². The van der Waals surface area contributed by atoms with Gasteiger partial charge in [0.25, 0.3) is 5.91 Å². The van der Waals surface area contributed by atoms with Crippen molar-refractivity contribution in [2.45, 2.75) is 0 Å². The number of aromatic nitrogens is 3. The first-order valence-electron chi connectivity index (χ1n) is 9.46. The Morgan fingerprint density at radius 2 is 1.69 bits per heavy atom. The molecule has 2 heterocycles. The van der Waals surface area contributed by atoms with Crippen molar-refractivity contribution in [1.29, 1.82) is 0 Å². The molecule has 0 spiro atoms. The zero-order chi connectivity index (χ0) is 22.2. The Balaban J connectivity index is 1.37. The van der Waals surface area contributed by atoms with Gasteiger partial charge < -0.3 is 9.73 Å². The van der Waals surface area contributed by atoms with E-state index in [1.54, 1.807) is 60.7 Å². The van der Waals surface area contributed by atoms with E-state index < -0.39 is 5.91 Å². The molecule has 5 rings (SSSR count). The van der Waals surface area contributed by atoms with Gasteiger partial charge in [0.05, 0.1) is 10.7 Å². The number of halogens is 3. The van der Waals surface area contributed by atoms with E-state index in [9.17, 15) is 9.18 Å². The van der Waals surface area contributed by atoms with Crippen LogP contribution in [-0.4, -0.2) is 20.9 Å². The molecule has 0 aliphatic rings. The topological polar surface area (TPSA) is 73.0 Å². The van der Waals surface area contributed by atoms with Crippen LogP contribution < -0.4 is 5.32 Å². The number of carbonyl (C=O) groups excluding carboxylic acids is 1. The Kier molecular flexibility index (Phi) is 5.13. The van der Waals surface area contributed by atoms with Crippen molar-refractivity contribution in [2.75, 3.05) is 5.32 Å². The number of carbonyl (C=O) groups is 1. The summed E-state index contributed by atoms with van der Waals surface area (Å²) in [5.74, 6) is -0.222. The van der Waals surface area contributed by atoms with Crippen LogP contribution in [0, 0.1) is 5.82 Å². The van der Waals surface area contributed by atoms with Gasteiger partial charge >= 0.3 is 0 Å². The average molecular weight is 467 g/mol. The molecule has 32 heavy (non-hydrogen) atoms. The molecule has 0 radical (unpaired) electrons. The number of hydrogen-bond donors (Lipinski definition) is 1. The highest BCUT2D eigenvalue weighted by molar-refractivity contribution is 6.35. The maximum Gasteiger partial charge on any atom is 0.291 e. The number of nitrogens with one attached hydrogen (secondary N) is 1. The molecular weight excluding hydrogens is 454 g/mol. The van der Waals surface area contributed by atoms with Crippen LogP contribution >= 0.6 is 23.2 Å². The summed E-state index contributed by atoms with van der Waals surface area (Å²) >= 11 is 12.2. The first kappa shape index (κ1) is 20.2. The second-order valence-corrected chi connectivity index (χ2v) is 7.76. The minimum absolute atomic E-state index is 0.117. The number of amides is 1. The van der Waals surface area contributed by atoms with Gasteiger partial charge in [-0.05, 0) is 72.8 Å². The summed E-state index contributed by atoms with van der Waals surface area (Å²) in [6.07, 6.45) is 0. The van der Waals surface area contributed by atoms with E-state index in [2.05, 4.69) is 15.5 Å². The maximum atomic E-state index is 13.1. The van der Waals surface area contributed by atoms with Crippen molar-refractivity contribution in [3.05, 3.63) is 94.4 Å². The lowest BCUT2D eigenvalue weighted by molar-refractivity contribution is 0.0997. The minimum Gasteiger partial charge on any atom is -0.451 e. The highest BCUT2D eigenvalue weighted by Crippen LogP contribution is 2.32. The van der Waals surface area contributed by atoms with E-state index >= 15 is 0 Å². The fourth-order valence-electron chi connectivity index (χ4n) is 3.17. The second kappa shape index (κ2) is 8.11. The molecule has 5 aromatic rings. The van der Waals surface area contributed by atoms with E-state index in [4.69, 9.17) is 27.6 Å². The summed E-state index contributed by atoms with van der Waals surface area (Å²) in [6, 6.07) is 19.2. The number of rotatable bonds is 4. The van der Waals surface area contributed by atoms with Crippen molar-refractivity contribution in [3.8, 4) is 17.0 Å². The SMILES string of the molecule is O=C(Nc1ccc2nn(-c3ccc(F)cc3)nc2c1)c1ccc(-c2cc(Cl)ccc2Cl)o1. The zero-order valence-electron chi connectivity index (χ0n) is 16.2. The lowest BCUT2D eigenvalue weighted by Gasteiger charge is -2.03. The van der Waals surface area contributed by atoms with Gasteiger partial charge in [-0.2, -0.15) is 4.80 Å². The van der Waals surface area contributed by atoms with Crippen molar-refractivity contribution in [2.24, 2.45) is 0 Å². The Bertz CT molecular complexity index is 1460. The number of anilines is 1. The molecule has 158 valence electrons. The van der Waals surface area contributed by atoms with E-state index in [0.29, 0.717) is 43.8 Å². The van der Waals surface area contributed by atoms with Crippen molar-refractivity contribution < 1.29 is 13.6 Å². The van der Waals surface area contributed by atoms with Gasteiger partial charge in [-0.3, -0.25) is 4.79 Å². The van der Waals surface area contributed by atoms with Gasteiger partial charge in [-0.1, -0.05) is 23.2 Å². The summed E-state index contributed by atoms with van der Waals surface area (Å²) in [5.41, 5.74) is 2.93. The van der Waals surface area contributed by atoms with Gasteiger partial charge in [0.2, 0.25) is 0 Å². The minimum atomic E-state index is -0.431. The second-order valence-electron chi connectivity index (χ2n) is 6.91. The van der Waals surface area contributed by atoms with E-state index in [-0.39, 0.29) is 11.6 Å². The smallest absolute Gasteiger partial charge is 0.291 e. The van der Waals surface area contributed by atoms with Crippen LogP contribution in [-0.2, 0) is 0 Å². The highest BCUT2D eigenvalue weighted by Gasteiger charge is 2.15. The Morgan fingerprint density at radius 1 is 0.906 bits per heavy atom. The molecule has 1 N–H and O–H groups in total. The fraction of sp³-hybridized carbons (Fsp3) is 0. The van der Waals surface area contributed by atoms with E-state index in [0.717, 1.165) is 0 Å². The summed E-state index contributed by atoms with van der Waals surface area (Å²) in [5, 5.41) is 12.5. The molecule has 9 heteroatoms. The van der Waals surface area contributed by atoms with Crippen LogP contribution in [0.2, 0.25) is 10.0 Å². The van der Waals surface area contributed by atoms with Crippen molar-refractivity contribution in [1.82, 2.24) is 15.0 Å². The van der Waals surface area contributed by atoms with Gasteiger partial charge in [0.15, 0.2) is 5.76 Å². The molecule has 3 aromatic carbocycles. The largest absolute Gasteiger partial charge is 0.451 e. The van der Waals surface area contributed by atoms with Crippen LogP contribution in [0.3, 0.4) is 0 Å². The molecule has 1 amide bonds. The Morgan fingerprint density at radius 3 is 2.50 bits per heavy atom. The predicted octanol–water partition coefficient (Wildman–Crippen LogP) is 6.38. The molecule has 6 nitrogen and oxygen atoms in total. The van der Waals surface area contributed by atoms with Crippen LogP contribution in [0.25, 0.3) is 28.0 Å². The standard InChI is InChI=1S/C23H13Cl2FN4O2/c24-13-1-7-18(25)17(11-13)21-9-10-22(32-21)23(31)27-15-4-8-19-20(12-15)29-30(28-19)16-5-2-14(26)3-6-16/h1-12H,(H,27,31). The molecule has 0 bridgehead atoms. The summed E-state index contributed by atoms with van der Waals surface area (Å²) in [6.45, 7) is 0. The number of benzene rings is 3. The number of hydrogen-bond acceptors (Lipinski definition) is 4. The third kappa shape index (κ3) is 3.95. The summed E-state index contributed by atoms with van der Waals surface area (Å²) in [4.78, 5) is 14.1. The van der Waals surface area contributed by atoms with Crippen LogP contribution in [0.4, 0.5) is 10.1 Å². The Labute approximate surface area is 191 Å². The van der Waals surface area contributed by atoms with Gasteiger partial charge in [-0.15, -0.1) is 10.2 Å². The van der Waals surface area contributed by atoms with Crippen LogP contribution in [0.5, 0.6) is 0 Å². The van der Waals surface area contributed by atoms with Gasteiger partial charge in [0, 0.05) is 16.3 Å². The molecular formula is C23H13Cl2FN4O2. The summed E-state index contributed by atoms with van der Waals surface area (Å²) in [7, 11) is 0. The first-order chi connectivity index (χ1) is 15.5. The lowest BCUT2D eigenvalue weighted by atomic mass is 10.2. The molecule has 0 atom stereocenters.